The van der Waals surface area contributed by atoms with Gasteiger partial charge in [-0.25, -0.2) is 4.79 Å². The van der Waals surface area contributed by atoms with E-state index in [0.29, 0.717) is 32.2 Å². The molecule has 0 radical (unpaired) electrons. The summed E-state index contributed by atoms with van der Waals surface area (Å²) in [6.45, 7) is 7.69. The van der Waals surface area contributed by atoms with Crippen LogP contribution in [0.1, 0.15) is 53.4 Å². The van der Waals surface area contributed by atoms with Gasteiger partial charge in [-0.1, -0.05) is 34.1 Å². The number of hydrogen-bond acceptors (Lipinski definition) is 7. The number of amides is 3. The zero-order chi connectivity index (χ0) is 24.1. The van der Waals surface area contributed by atoms with Crippen LogP contribution < -0.4 is 27.4 Å². The van der Waals surface area contributed by atoms with Crippen LogP contribution in [0.4, 0.5) is 0 Å². The molecule has 0 fully saturated rings. The van der Waals surface area contributed by atoms with Gasteiger partial charge in [0.25, 0.3) is 0 Å². The molecule has 5 unspecified atom stereocenters. The standard InChI is InChI=1S/C20H39N5O5S/c1-5-12(4)16(19(28)24-14(10-31)20(29)30)25-17(26)13(8-6-7-9-21)23-18(27)15(22)11(2)3/h11-16,31H,5-10,21-22H2,1-4H3,(H,23,27)(H,24,28)(H,25,26)(H,29,30). The summed E-state index contributed by atoms with van der Waals surface area (Å²) < 4.78 is 0. The van der Waals surface area contributed by atoms with Crippen molar-refractivity contribution >= 4 is 36.3 Å². The summed E-state index contributed by atoms with van der Waals surface area (Å²) in [5, 5.41) is 16.9. The third-order valence-electron chi connectivity index (χ3n) is 5.19. The molecule has 31 heavy (non-hydrogen) atoms. The van der Waals surface area contributed by atoms with E-state index < -0.39 is 47.9 Å². The molecule has 3 amide bonds. The number of thiol groups is 1. The van der Waals surface area contributed by atoms with Crippen LogP contribution in [-0.4, -0.2) is 65.3 Å². The van der Waals surface area contributed by atoms with Crippen LogP contribution in [0.5, 0.6) is 0 Å². The molecule has 0 heterocycles. The van der Waals surface area contributed by atoms with Crippen molar-refractivity contribution < 1.29 is 24.3 Å². The van der Waals surface area contributed by atoms with Gasteiger partial charge in [-0.05, 0) is 37.6 Å². The molecule has 0 rings (SSSR count). The minimum Gasteiger partial charge on any atom is -0.480 e. The largest absolute Gasteiger partial charge is 0.480 e. The van der Waals surface area contributed by atoms with Crippen LogP contribution >= 0.6 is 12.6 Å². The maximum Gasteiger partial charge on any atom is 0.327 e. The molecule has 0 aliphatic carbocycles. The Bertz CT molecular complexity index is 605. The lowest BCUT2D eigenvalue weighted by atomic mass is 9.97. The van der Waals surface area contributed by atoms with Crippen LogP contribution in [0.25, 0.3) is 0 Å². The van der Waals surface area contributed by atoms with Crippen LogP contribution in [0.2, 0.25) is 0 Å². The van der Waals surface area contributed by atoms with Crippen molar-refractivity contribution in [2.24, 2.45) is 23.3 Å². The van der Waals surface area contributed by atoms with Crippen molar-refractivity contribution in [1.82, 2.24) is 16.0 Å². The van der Waals surface area contributed by atoms with Crippen LogP contribution in [0.3, 0.4) is 0 Å². The molecule has 11 heteroatoms. The lowest BCUT2D eigenvalue weighted by Crippen LogP contribution is -2.59. The van der Waals surface area contributed by atoms with Crippen molar-refractivity contribution in [1.29, 1.82) is 0 Å². The Morgan fingerprint density at radius 2 is 1.52 bits per heavy atom. The van der Waals surface area contributed by atoms with Crippen molar-refractivity contribution in [3.05, 3.63) is 0 Å². The maximum atomic E-state index is 13.0. The molecular formula is C20H39N5O5S. The molecule has 0 spiro atoms. The Morgan fingerprint density at radius 1 is 0.935 bits per heavy atom. The van der Waals surface area contributed by atoms with Crippen molar-refractivity contribution in [2.45, 2.75) is 77.5 Å². The normalized spacial score (nSPS) is 16.0. The predicted octanol–water partition coefficient (Wildman–Crippen LogP) is -0.386. The topological polar surface area (TPSA) is 177 Å². The van der Waals surface area contributed by atoms with E-state index >= 15 is 0 Å². The van der Waals surface area contributed by atoms with Gasteiger partial charge in [0, 0.05) is 5.75 Å². The smallest absolute Gasteiger partial charge is 0.327 e. The Hall–Kier alpha value is -1.85. The quantitative estimate of drug-likeness (QED) is 0.128. The minimum atomic E-state index is -1.22. The molecule has 180 valence electrons. The maximum absolute atomic E-state index is 13.0. The third kappa shape index (κ3) is 10.3. The molecule has 0 aromatic carbocycles. The average Bonchev–Trinajstić information content (AvgIpc) is 2.73. The van der Waals surface area contributed by atoms with E-state index in [1.54, 1.807) is 20.8 Å². The number of unbranched alkanes of at least 4 members (excludes halogenated alkanes) is 1. The summed E-state index contributed by atoms with van der Waals surface area (Å²) in [6, 6.07) is -3.80. The molecule has 0 aliphatic rings. The first-order chi connectivity index (χ1) is 14.5. The zero-order valence-electron chi connectivity index (χ0n) is 18.9. The fraction of sp³-hybridized carbons (Fsp3) is 0.800. The number of carbonyl (C=O) groups is 4. The number of carbonyl (C=O) groups excluding carboxylic acids is 3. The van der Waals surface area contributed by atoms with Gasteiger partial charge in [0.2, 0.25) is 17.7 Å². The molecule has 0 aromatic heterocycles. The average molecular weight is 462 g/mol. The van der Waals surface area contributed by atoms with Crippen molar-refractivity contribution in [2.75, 3.05) is 12.3 Å². The Morgan fingerprint density at radius 3 is 1.97 bits per heavy atom. The summed E-state index contributed by atoms with van der Waals surface area (Å²) in [6.07, 6.45) is 2.18. The molecule has 0 aliphatic heterocycles. The van der Waals surface area contributed by atoms with E-state index in [4.69, 9.17) is 16.6 Å². The fourth-order valence-corrected chi connectivity index (χ4v) is 2.98. The highest BCUT2D eigenvalue weighted by molar-refractivity contribution is 7.80. The van der Waals surface area contributed by atoms with Gasteiger partial charge in [0.05, 0.1) is 6.04 Å². The van der Waals surface area contributed by atoms with E-state index in [2.05, 4.69) is 28.6 Å². The number of hydrogen-bond donors (Lipinski definition) is 7. The van der Waals surface area contributed by atoms with Crippen LogP contribution in [0, 0.1) is 11.8 Å². The van der Waals surface area contributed by atoms with E-state index in [9.17, 15) is 19.2 Å². The third-order valence-corrected chi connectivity index (χ3v) is 5.56. The lowest BCUT2D eigenvalue weighted by molar-refractivity contribution is -0.142. The highest BCUT2D eigenvalue weighted by Crippen LogP contribution is 2.11. The molecule has 10 nitrogen and oxygen atoms in total. The van der Waals surface area contributed by atoms with Crippen molar-refractivity contribution in [3.63, 3.8) is 0 Å². The van der Waals surface area contributed by atoms with Gasteiger partial charge in [-0.2, -0.15) is 12.6 Å². The lowest BCUT2D eigenvalue weighted by Gasteiger charge is -2.28. The van der Waals surface area contributed by atoms with Gasteiger partial charge in [0.15, 0.2) is 0 Å². The molecular weight excluding hydrogens is 422 g/mol. The number of aliphatic carboxylic acids is 1. The van der Waals surface area contributed by atoms with Gasteiger partial charge in [-0.15, -0.1) is 0 Å². The first-order valence-electron chi connectivity index (χ1n) is 10.7. The summed E-state index contributed by atoms with van der Waals surface area (Å²) >= 11 is 3.94. The zero-order valence-corrected chi connectivity index (χ0v) is 19.8. The van der Waals surface area contributed by atoms with Crippen LogP contribution in [0.15, 0.2) is 0 Å². The fourth-order valence-electron chi connectivity index (χ4n) is 2.74. The molecule has 8 N–H and O–H groups in total. The summed E-state index contributed by atoms with van der Waals surface area (Å²) in [5.74, 6) is -3.28. The monoisotopic (exact) mass is 461 g/mol. The second-order valence-electron chi connectivity index (χ2n) is 8.07. The van der Waals surface area contributed by atoms with Gasteiger partial charge < -0.3 is 32.5 Å². The molecule has 5 atom stereocenters. The number of carboxylic acid groups (broad SMARTS) is 1. The second kappa shape index (κ2) is 15.0. The summed E-state index contributed by atoms with van der Waals surface area (Å²) in [5.41, 5.74) is 11.4. The molecule has 0 aromatic rings. The van der Waals surface area contributed by atoms with E-state index in [0.717, 1.165) is 0 Å². The molecule has 0 saturated carbocycles. The predicted molar refractivity (Wildman–Crippen MR) is 122 cm³/mol. The van der Waals surface area contributed by atoms with E-state index in [1.165, 1.54) is 0 Å². The highest BCUT2D eigenvalue weighted by Gasteiger charge is 2.32. The Balaban J connectivity index is 5.47. The Labute approximate surface area is 190 Å². The number of nitrogens with two attached hydrogens (primary N) is 2. The number of rotatable bonds is 15. The first kappa shape index (κ1) is 29.1. The van der Waals surface area contributed by atoms with Crippen molar-refractivity contribution in [3.8, 4) is 0 Å². The SMILES string of the molecule is CCC(C)C(NC(=O)C(CCCCN)NC(=O)C(N)C(C)C)C(=O)NC(CS)C(=O)O. The number of carboxylic acids is 1. The second-order valence-corrected chi connectivity index (χ2v) is 8.43. The van der Waals surface area contributed by atoms with E-state index in [-0.39, 0.29) is 17.6 Å². The van der Waals surface area contributed by atoms with Crippen LogP contribution in [-0.2, 0) is 19.2 Å². The van der Waals surface area contributed by atoms with E-state index in [1.807, 2.05) is 6.92 Å². The number of nitrogens with one attached hydrogen (secondary N) is 3. The summed E-state index contributed by atoms with van der Waals surface area (Å²) in [4.78, 5) is 49.3. The summed E-state index contributed by atoms with van der Waals surface area (Å²) in [7, 11) is 0. The van der Waals surface area contributed by atoms with Gasteiger partial charge in [-0.3, -0.25) is 14.4 Å². The first-order valence-corrected chi connectivity index (χ1v) is 11.3. The highest BCUT2D eigenvalue weighted by atomic mass is 32.1. The molecule has 0 bridgehead atoms. The molecule has 0 saturated heterocycles. The van der Waals surface area contributed by atoms with Gasteiger partial charge in [0.1, 0.15) is 18.1 Å². The Kier molecular flexibility index (Phi) is 14.1. The minimum absolute atomic E-state index is 0.0902. The van der Waals surface area contributed by atoms with Gasteiger partial charge >= 0.3 is 5.97 Å².